The molecule has 0 aromatic rings. The third-order valence-corrected chi connectivity index (χ3v) is 1.94. The summed E-state index contributed by atoms with van der Waals surface area (Å²) in [7, 11) is 1.97. The van der Waals surface area contributed by atoms with E-state index in [1.807, 2.05) is 7.05 Å². The van der Waals surface area contributed by atoms with Crippen LogP contribution in [0.2, 0.25) is 0 Å². The number of nitrogens with one attached hydrogen (secondary N) is 1. The molecule has 0 bridgehead atoms. The van der Waals surface area contributed by atoms with E-state index in [1.165, 1.54) is 6.42 Å². The van der Waals surface area contributed by atoms with Crippen LogP contribution in [0.15, 0.2) is 0 Å². The van der Waals surface area contributed by atoms with Gasteiger partial charge in [-0.25, -0.2) is 0 Å². The second kappa shape index (κ2) is 7.56. The Labute approximate surface area is 76.7 Å². The fourth-order valence-corrected chi connectivity index (χ4v) is 1.02. The topological polar surface area (TPSA) is 21.3 Å². The maximum Gasteiger partial charge on any atom is 0.0696 e. The summed E-state index contributed by atoms with van der Waals surface area (Å²) in [5.41, 5.74) is 0. The van der Waals surface area contributed by atoms with Gasteiger partial charge in [0.2, 0.25) is 0 Å². The van der Waals surface area contributed by atoms with Gasteiger partial charge in [0.05, 0.1) is 6.10 Å². The molecule has 0 rings (SSSR count). The molecule has 0 saturated heterocycles. The smallest absolute Gasteiger partial charge is 0.0696 e. The Bertz CT molecular complexity index is 93.8. The minimum Gasteiger partial charge on any atom is -0.377 e. The highest BCUT2D eigenvalue weighted by molar-refractivity contribution is 4.57. The molecule has 0 radical (unpaired) electrons. The molecule has 0 aromatic heterocycles. The molecule has 0 aromatic carbocycles. The average Bonchev–Trinajstić information content (AvgIpc) is 2.02. The van der Waals surface area contributed by atoms with Crippen LogP contribution in [0.5, 0.6) is 0 Å². The zero-order valence-electron chi connectivity index (χ0n) is 8.89. The first-order valence-electron chi connectivity index (χ1n) is 4.96. The van der Waals surface area contributed by atoms with Crippen molar-refractivity contribution in [3.63, 3.8) is 0 Å². The normalized spacial score (nSPS) is 13.8. The predicted molar refractivity (Wildman–Crippen MR) is 53.4 cm³/mol. The maximum atomic E-state index is 5.68. The van der Waals surface area contributed by atoms with Gasteiger partial charge in [0.25, 0.3) is 0 Å². The van der Waals surface area contributed by atoms with Crippen LogP contribution in [0.4, 0.5) is 0 Å². The van der Waals surface area contributed by atoms with E-state index in [0.717, 1.165) is 25.5 Å². The Morgan fingerprint density at radius 3 is 2.42 bits per heavy atom. The van der Waals surface area contributed by atoms with Crippen LogP contribution in [0, 0.1) is 5.92 Å². The van der Waals surface area contributed by atoms with E-state index < -0.39 is 0 Å². The second-order valence-electron chi connectivity index (χ2n) is 3.64. The molecule has 12 heavy (non-hydrogen) atoms. The number of rotatable bonds is 7. The first-order chi connectivity index (χ1) is 5.70. The van der Waals surface area contributed by atoms with E-state index in [-0.39, 0.29) is 0 Å². The van der Waals surface area contributed by atoms with Gasteiger partial charge < -0.3 is 10.1 Å². The molecule has 74 valence electrons. The van der Waals surface area contributed by atoms with E-state index in [4.69, 9.17) is 4.74 Å². The summed E-state index contributed by atoms with van der Waals surface area (Å²) in [5.74, 6) is 0.747. The van der Waals surface area contributed by atoms with Crippen LogP contribution < -0.4 is 5.32 Å². The van der Waals surface area contributed by atoms with Crippen molar-refractivity contribution in [2.45, 2.75) is 39.7 Å². The van der Waals surface area contributed by atoms with E-state index in [1.54, 1.807) is 0 Å². The molecule has 0 aliphatic carbocycles. The summed E-state index contributed by atoms with van der Waals surface area (Å²) in [6, 6.07) is 0. The van der Waals surface area contributed by atoms with Crippen molar-refractivity contribution in [1.29, 1.82) is 0 Å². The minimum atomic E-state index is 0.397. The highest BCUT2D eigenvalue weighted by Gasteiger charge is 2.04. The standard InChI is InChI=1S/C10H23NO/c1-5-10(8-11-4)12-7-6-9(2)3/h9-11H,5-8H2,1-4H3. The highest BCUT2D eigenvalue weighted by Crippen LogP contribution is 2.02. The van der Waals surface area contributed by atoms with Gasteiger partial charge in [-0.15, -0.1) is 0 Å². The molecule has 0 aliphatic rings. The zero-order valence-corrected chi connectivity index (χ0v) is 8.89. The summed E-state index contributed by atoms with van der Waals surface area (Å²) in [5, 5.41) is 3.13. The van der Waals surface area contributed by atoms with Gasteiger partial charge >= 0.3 is 0 Å². The Morgan fingerprint density at radius 2 is 2.00 bits per heavy atom. The molecule has 1 atom stereocenters. The first kappa shape index (κ1) is 11.9. The highest BCUT2D eigenvalue weighted by atomic mass is 16.5. The van der Waals surface area contributed by atoms with Crippen molar-refractivity contribution in [1.82, 2.24) is 5.32 Å². The lowest BCUT2D eigenvalue weighted by molar-refractivity contribution is 0.0455. The molecule has 0 spiro atoms. The van der Waals surface area contributed by atoms with Gasteiger partial charge in [-0.2, -0.15) is 0 Å². The molecule has 0 amide bonds. The Kier molecular flexibility index (Phi) is 7.51. The first-order valence-corrected chi connectivity index (χ1v) is 4.96. The van der Waals surface area contributed by atoms with Crippen molar-refractivity contribution in [2.24, 2.45) is 5.92 Å². The number of likely N-dealkylation sites (N-methyl/N-ethyl adjacent to an activating group) is 1. The molecule has 1 N–H and O–H groups in total. The van der Waals surface area contributed by atoms with Crippen LogP contribution >= 0.6 is 0 Å². The van der Waals surface area contributed by atoms with E-state index in [2.05, 4.69) is 26.1 Å². The lowest BCUT2D eigenvalue weighted by Crippen LogP contribution is -2.26. The average molecular weight is 173 g/mol. The van der Waals surface area contributed by atoms with E-state index >= 15 is 0 Å². The lowest BCUT2D eigenvalue weighted by Gasteiger charge is -2.16. The van der Waals surface area contributed by atoms with Gasteiger partial charge in [-0.3, -0.25) is 0 Å². The summed E-state index contributed by atoms with van der Waals surface area (Å²) in [4.78, 5) is 0. The Balaban J connectivity index is 3.31. The molecular weight excluding hydrogens is 150 g/mol. The molecule has 0 aliphatic heterocycles. The Hall–Kier alpha value is -0.0800. The molecule has 0 saturated carbocycles. The Morgan fingerprint density at radius 1 is 1.33 bits per heavy atom. The monoisotopic (exact) mass is 173 g/mol. The lowest BCUT2D eigenvalue weighted by atomic mass is 10.1. The van der Waals surface area contributed by atoms with E-state index in [0.29, 0.717) is 6.10 Å². The molecule has 0 fully saturated rings. The van der Waals surface area contributed by atoms with Crippen LogP contribution in [0.3, 0.4) is 0 Å². The maximum absolute atomic E-state index is 5.68. The predicted octanol–water partition coefficient (Wildman–Crippen LogP) is 2.05. The molecule has 1 unspecified atom stereocenters. The van der Waals surface area contributed by atoms with Crippen LogP contribution in [-0.4, -0.2) is 26.3 Å². The quantitative estimate of drug-likeness (QED) is 0.636. The largest absolute Gasteiger partial charge is 0.377 e. The molecule has 0 heterocycles. The second-order valence-corrected chi connectivity index (χ2v) is 3.64. The zero-order chi connectivity index (χ0) is 9.40. The van der Waals surface area contributed by atoms with Crippen LogP contribution in [-0.2, 0) is 4.74 Å². The number of ether oxygens (including phenoxy) is 1. The molecule has 2 heteroatoms. The van der Waals surface area contributed by atoms with Gasteiger partial charge in [0, 0.05) is 13.2 Å². The number of hydrogen-bond donors (Lipinski definition) is 1. The fourth-order valence-electron chi connectivity index (χ4n) is 1.02. The van der Waals surface area contributed by atoms with Gasteiger partial charge in [-0.05, 0) is 25.8 Å². The summed E-state index contributed by atoms with van der Waals surface area (Å²) in [6.45, 7) is 8.48. The van der Waals surface area contributed by atoms with Gasteiger partial charge in [0.15, 0.2) is 0 Å². The van der Waals surface area contributed by atoms with Crippen molar-refractivity contribution in [3.05, 3.63) is 0 Å². The van der Waals surface area contributed by atoms with E-state index in [9.17, 15) is 0 Å². The van der Waals surface area contributed by atoms with Crippen molar-refractivity contribution < 1.29 is 4.74 Å². The molecule has 2 nitrogen and oxygen atoms in total. The van der Waals surface area contributed by atoms with Crippen LogP contribution in [0.1, 0.15) is 33.6 Å². The third-order valence-electron chi connectivity index (χ3n) is 1.94. The van der Waals surface area contributed by atoms with Crippen molar-refractivity contribution >= 4 is 0 Å². The van der Waals surface area contributed by atoms with Gasteiger partial charge in [-0.1, -0.05) is 20.8 Å². The SMILES string of the molecule is CCC(CNC)OCCC(C)C. The number of hydrogen-bond acceptors (Lipinski definition) is 2. The summed E-state index contributed by atoms with van der Waals surface area (Å²) in [6.07, 6.45) is 2.66. The van der Waals surface area contributed by atoms with Crippen molar-refractivity contribution in [2.75, 3.05) is 20.2 Å². The summed E-state index contributed by atoms with van der Waals surface area (Å²) < 4.78 is 5.68. The minimum absolute atomic E-state index is 0.397. The third kappa shape index (κ3) is 6.62. The fraction of sp³-hybridized carbons (Fsp3) is 1.00. The molecular formula is C10H23NO. The van der Waals surface area contributed by atoms with Crippen molar-refractivity contribution in [3.8, 4) is 0 Å². The van der Waals surface area contributed by atoms with Gasteiger partial charge in [0.1, 0.15) is 0 Å². The van der Waals surface area contributed by atoms with Crippen LogP contribution in [0.25, 0.3) is 0 Å². The summed E-state index contributed by atoms with van der Waals surface area (Å²) >= 11 is 0.